The minimum atomic E-state index is 0. The first-order chi connectivity index (χ1) is 15.1. The Labute approximate surface area is 195 Å². The summed E-state index contributed by atoms with van der Waals surface area (Å²) in [6, 6.07) is 12.2. The summed E-state index contributed by atoms with van der Waals surface area (Å²) in [6.07, 6.45) is 3.14. The number of nitrogens with zero attached hydrogens (tertiary/aromatic N) is 2. The smallest absolute Gasteiger partial charge is 0.224 e. The molecule has 1 amide bonds. The molecule has 7 heteroatoms. The number of rotatable bonds is 4. The van der Waals surface area contributed by atoms with Crippen molar-refractivity contribution in [3.8, 4) is 5.75 Å². The van der Waals surface area contributed by atoms with Gasteiger partial charge in [0.1, 0.15) is 5.75 Å². The van der Waals surface area contributed by atoms with Crippen LogP contribution in [0.25, 0.3) is 0 Å². The Morgan fingerprint density at radius 2 is 1.78 bits per heavy atom. The summed E-state index contributed by atoms with van der Waals surface area (Å²) < 4.78 is 5.51. The minimum absolute atomic E-state index is 0. The first-order valence-electron chi connectivity index (χ1n) is 11.2. The first kappa shape index (κ1) is 22.6. The van der Waals surface area contributed by atoms with Crippen molar-refractivity contribution in [1.29, 1.82) is 0 Å². The zero-order valence-electron chi connectivity index (χ0n) is 18.4. The number of fused-ring (bicyclic) bond motifs is 2. The number of nitrogens with one attached hydrogen (secondary N) is 1. The molecule has 1 atom stereocenters. The number of aryl methyl sites for hydroxylation is 2. The number of carbonyl (C=O) groups is 2. The Morgan fingerprint density at radius 1 is 1.00 bits per heavy atom. The molecule has 0 spiro atoms. The molecule has 1 fully saturated rings. The molecule has 0 saturated carbocycles. The molecule has 2 aliphatic heterocycles. The van der Waals surface area contributed by atoms with Crippen molar-refractivity contribution in [2.24, 2.45) is 5.92 Å². The van der Waals surface area contributed by atoms with E-state index in [0.717, 1.165) is 85.8 Å². The lowest BCUT2D eigenvalue weighted by molar-refractivity contribution is -0.116. The number of amides is 1. The van der Waals surface area contributed by atoms with Crippen LogP contribution in [0.15, 0.2) is 36.4 Å². The van der Waals surface area contributed by atoms with E-state index in [1.165, 1.54) is 0 Å². The van der Waals surface area contributed by atoms with Crippen molar-refractivity contribution in [1.82, 2.24) is 4.90 Å². The second kappa shape index (κ2) is 9.51. The molecule has 5 rings (SSSR count). The Morgan fingerprint density at radius 3 is 2.56 bits per heavy atom. The Hall–Kier alpha value is -2.57. The second-order valence-electron chi connectivity index (χ2n) is 8.77. The fourth-order valence-electron chi connectivity index (χ4n) is 5.14. The SMILES string of the molecule is COc1ccccc1N1CCN(CC2CCc3cc4c(cc3C2=O)NC(=O)CC4)CC1.Cl. The molecule has 1 aliphatic carbocycles. The van der Waals surface area contributed by atoms with E-state index >= 15 is 0 Å². The van der Waals surface area contributed by atoms with Gasteiger partial charge in [-0.3, -0.25) is 14.5 Å². The summed E-state index contributed by atoms with van der Waals surface area (Å²) in [5.41, 5.74) is 5.09. The van der Waals surface area contributed by atoms with Gasteiger partial charge in [0.15, 0.2) is 5.78 Å². The first-order valence-corrected chi connectivity index (χ1v) is 11.2. The Kier molecular flexibility index (Phi) is 6.72. The number of hydrogen-bond donors (Lipinski definition) is 1. The largest absolute Gasteiger partial charge is 0.495 e. The lowest BCUT2D eigenvalue weighted by atomic mass is 9.80. The van der Waals surface area contributed by atoms with E-state index in [1.807, 2.05) is 24.3 Å². The fourth-order valence-corrected chi connectivity index (χ4v) is 5.14. The monoisotopic (exact) mass is 455 g/mol. The van der Waals surface area contributed by atoms with Gasteiger partial charge < -0.3 is 15.0 Å². The Balaban J connectivity index is 0.00000245. The van der Waals surface area contributed by atoms with Crippen LogP contribution in [0, 0.1) is 5.92 Å². The summed E-state index contributed by atoms with van der Waals surface area (Å²) in [4.78, 5) is 29.8. The molecule has 1 N–H and O–H groups in total. The summed E-state index contributed by atoms with van der Waals surface area (Å²) >= 11 is 0. The normalized spacial score (nSPS) is 20.7. The number of Topliss-reactive ketones (excluding diaryl/α,β-unsaturated/α-hetero) is 1. The molecule has 2 aromatic carbocycles. The van der Waals surface area contributed by atoms with Gasteiger partial charge in [0, 0.05) is 56.3 Å². The number of anilines is 2. The van der Waals surface area contributed by atoms with E-state index in [1.54, 1.807) is 7.11 Å². The highest BCUT2D eigenvalue weighted by Crippen LogP contribution is 2.33. The van der Waals surface area contributed by atoms with Crippen LogP contribution >= 0.6 is 12.4 Å². The van der Waals surface area contributed by atoms with Gasteiger partial charge in [-0.2, -0.15) is 0 Å². The highest BCUT2D eigenvalue weighted by atomic mass is 35.5. The van der Waals surface area contributed by atoms with E-state index in [-0.39, 0.29) is 30.0 Å². The molecule has 6 nitrogen and oxygen atoms in total. The van der Waals surface area contributed by atoms with Crippen LogP contribution < -0.4 is 15.0 Å². The van der Waals surface area contributed by atoms with E-state index in [9.17, 15) is 9.59 Å². The van der Waals surface area contributed by atoms with Gasteiger partial charge in [-0.15, -0.1) is 12.4 Å². The maximum absolute atomic E-state index is 13.3. The molecule has 0 radical (unpaired) electrons. The number of hydrogen-bond acceptors (Lipinski definition) is 5. The predicted octanol–water partition coefficient (Wildman–Crippen LogP) is 3.57. The maximum Gasteiger partial charge on any atom is 0.224 e. The number of methoxy groups -OCH3 is 1. The third kappa shape index (κ3) is 4.34. The van der Waals surface area contributed by atoms with Gasteiger partial charge >= 0.3 is 0 Å². The third-order valence-electron chi connectivity index (χ3n) is 6.90. The molecule has 32 heavy (non-hydrogen) atoms. The van der Waals surface area contributed by atoms with Crippen molar-refractivity contribution >= 4 is 35.5 Å². The summed E-state index contributed by atoms with van der Waals surface area (Å²) in [5.74, 6) is 1.21. The number of carbonyl (C=O) groups excluding carboxylic acids is 2. The van der Waals surface area contributed by atoms with Gasteiger partial charge in [-0.05, 0) is 48.6 Å². The van der Waals surface area contributed by atoms with Crippen LogP contribution in [-0.2, 0) is 17.6 Å². The van der Waals surface area contributed by atoms with Gasteiger partial charge in [0.2, 0.25) is 5.91 Å². The molecule has 0 aromatic heterocycles. The lowest BCUT2D eigenvalue weighted by Crippen LogP contribution is -2.49. The highest BCUT2D eigenvalue weighted by Gasteiger charge is 2.32. The molecule has 2 aromatic rings. The Bertz CT molecular complexity index is 1020. The maximum atomic E-state index is 13.3. The van der Waals surface area contributed by atoms with Crippen molar-refractivity contribution in [3.05, 3.63) is 53.1 Å². The summed E-state index contributed by atoms with van der Waals surface area (Å²) in [5, 5.41) is 2.94. The van der Waals surface area contributed by atoms with Crippen molar-refractivity contribution in [3.63, 3.8) is 0 Å². The highest BCUT2D eigenvalue weighted by molar-refractivity contribution is 6.03. The average molecular weight is 456 g/mol. The van der Waals surface area contributed by atoms with Crippen LogP contribution in [0.2, 0.25) is 0 Å². The van der Waals surface area contributed by atoms with Crippen LogP contribution in [-0.4, -0.2) is 56.4 Å². The van der Waals surface area contributed by atoms with Gasteiger partial charge in [-0.1, -0.05) is 18.2 Å². The van der Waals surface area contributed by atoms with Gasteiger partial charge in [0.25, 0.3) is 0 Å². The number of piperazine rings is 1. The van der Waals surface area contributed by atoms with Crippen molar-refractivity contribution in [2.75, 3.05) is 50.1 Å². The zero-order chi connectivity index (χ0) is 21.4. The molecule has 170 valence electrons. The van der Waals surface area contributed by atoms with Crippen LogP contribution in [0.1, 0.15) is 34.3 Å². The molecular weight excluding hydrogens is 426 g/mol. The van der Waals surface area contributed by atoms with E-state index < -0.39 is 0 Å². The number of halogens is 1. The zero-order valence-corrected chi connectivity index (χ0v) is 19.2. The van der Waals surface area contributed by atoms with E-state index in [0.29, 0.717) is 6.42 Å². The van der Waals surface area contributed by atoms with Crippen molar-refractivity contribution in [2.45, 2.75) is 25.7 Å². The quantitative estimate of drug-likeness (QED) is 0.763. The van der Waals surface area contributed by atoms with Gasteiger partial charge in [-0.25, -0.2) is 0 Å². The van der Waals surface area contributed by atoms with Crippen LogP contribution in [0.4, 0.5) is 11.4 Å². The molecule has 1 saturated heterocycles. The molecule has 1 unspecified atom stereocenters. The minimum Gasteiger partial charge on any atom is -0.495 e. The van der Waals surface area contributed by atoms with Crippen LogP contribution in [0.3, 0.4) is 0 Å². The van der Waals surface area contributed by atoms with E-state index in [2.05, 4.69) is 27.2 Å². The van der Waals surface area contributed by atoms with Gasteiger partial charge in [0.05, 0.1) is 12.8 Å². The molecular formula is C25H30ClN3O3. The fraction of sp³-hybridized carbons (Fsp3) is 0.440. The standard InChI is InChI=1S/C25H29N3O3.ClH/c1-31-23-5-3-2-4-22(23)28-12-10-27(11-13-28)16-19-7-6-17-14-18-8-9-24(29)26-21(18)15-20(17)25(19)30;/h2-5,14-15,19H,6-13,16H2,1H3,(H,26,29);1H. The third-order valence-corrected chi connectivity index (χ3v) is 6.90. The van der Waals surface area contributed by atoms with Crippen LogP contribution in [0.5, 0.6) is 5.75 Å². The lowest BCUT2D eigenvalue weighted by Gasteiger charge is -2.38. The van der Waals surface area contributed by atoms with Crippen molar-refractivity contribution < 1.29 is 14.3 Å². The number of ketones is 1. The number of para-hydroxylation sites is 2. The number of ether oxygens (including phenoxy) is 1. The van der Waals surface area contributed by atoms with E-state index in [4.69, 9.17) is 4.74 Å². The molecule has 0 bridgehead atoms. The molecule has 3 aliphatic rings. The number of benzene rings is 2. The summed E-state index contributed by atoms with van der Waals surface area (Å²) in [6.45, 7) is 4.54. The topological polar surface area (TPSA) is 61.9 Å². The average Bonchev–Trinajstić information content (AvgIpc) is 2.80. The molecule has 2 heterocycles. The predicted molar refractivity (Wildman–Crippen MR) is 128 cm³/mol. The second-order valence-corrected chi connectivity index (χ2v) is 8.77. The summed E-state index contributed by atoms with van der Waals surface area (Å²) in [7, 11) is 1.71.